The lowest BCUT2D eigenvalue weighted by Crippen LogP contribution is -2.50. The van der Waals surface area contributed by atoms with Gasteiger partial charge in [0.25, 0.3) is 0 Å². The molecule has 1 atom stereocenters. The van der Waals surface area contributed by atoms with Gasteiger partial charge in [-0.3, -0.25) is 4.79 Å². The molecule has 0 aromatic carbocycles. The number of hydrogen-bond acceptors (Lipinski definition) is 2. The number of hydrogen-bond donors (Lipinski definition) is 0. The van der Waals surface area contributed by atoms with Gasteiger partial charge in [0.2, 0.25) is 0 Å². The van der Waals surface area contributed by atoms with Gasteiger partial charge in [-0.1, -0.05) is 20.8 Å². The SMILES string of the molecule is CCC1(OC(=O)C(C)(C(C)C)C(F)(F)F)CCCC1. The van der Waals surface area contributed by atoms with Crippen molar-refractivity contribution in [1.82, 2.24) is 0 Å². The van der Waals surface area contributed by atoms with E-state index in [1.165, 1.54) is 13.8 Å². The Bertz CT molecular complexity index is 330. The van der Waals surface area contributed by atoms with Crippen LogP contribution in [0.3, 0.4) is 0 Å². The molecule has 1 unspecified atom stereocenters. The number of halogens is 3. The second-order valence-corrected chi connectivity index (χ2v) is 5.99. The summed E-state index contributed by atoms with van der Waals surface area (Å²) in [6.07, 6.45) is -0.865. The van der Waals surface area contributed by atoms with E-state index in [1.54, 1.807) is 0 Å². The van der Waals surface area contributed by atoms with Gasteiger partial charge in [0.05, 0.1) is 0 Å². The Labute approximate surface area is 112 Å². The molecule has 1 aliphatic rings. The smallest absolute Gasteiger partial charge is 0.404 e. The van der Waals surface area contributed by atoms with Crippen LogP contribution in [0.2, 0.25) is 0 Å². The van der Waals surface area contributed by atoms with Gasteiger partial charge in [-0.15, -0.1) is 0 Å². The minimum absolute atomic E-state index is 0.574. The molecular formula is C14H23F3O2. The normalized spacial score (nSPS) is 22.3. The topological polar surface area (TPSA) is 26.3 Å². The number of ether oxygens (including phenoxy) is 1. The van der Waals surface area contributed by atoms with E-state index in [0.717, 1.165) is 19.8 Å². The van der Waals surface area contributed by atoms with Crippen molar-refractivity contribution in [2.24, 2.45) is 11.3 Å². The highest BCUT2D eigenvalue weighted by Crippen LogP contribution is 2.47. The highest BCUT2D eigenvalue weighted by atomic mass is 19.4. The van der Waals surface area contributed by atoms with Crippen molar-refractivity contribution in [3.63, 3.8) is 0 Å². The van der Waals surface area contributed by atoms with Gasteiger partial charge in [-0.2, -0.15) is 13.2 Å². The van der Waals surface area contributed by atoms with Crippen molar-refractivity contribution in [2.45, 2.75) is 71.6 Å². The summed E-state index contributed by atoms with van der Waals surface area (Å²) in [6.45, 7) is 5.61. The van der Waals surface area contributed by atoms with Gasteiger partial charge in [0.1, 0.15) is 5.60 Å². The number of alkyl halides is 3. The van der Waals surface area contributed by atoms with E-state index < -0.39 is 29.1 Å². The van der Waals surface area contributed by atoms with Crippen molar-refractivity contribution in [3.8, 4) is 0 Å². The Kier molecular flexibility index (Phi) is 4.58. The zero-order valence-corrected chi connectivity index (χ0v) is 12.1. The maximum atomic E-state index is 13.2. The summed E-state index contributed by atoms with van der Waals surface area (Å²) < 4.78 is 45.0. The Hall–Kier alpha value is -0.740. The van der Waals surface area contributed by atoms with Crippen LogP contribution in [0.15, 0.2) is 0 Å². The molecule has 112 valence electrons. The van der Waals surface area contributed by atoms with E-state index in [-0.39, 0.29) is 0 Å². The second-order valence-electron chi connectivity index (χ2n) is 5.99. The van der Waals surface area contributed by atoms with Crippen molar-refractivity contribution >= 4 is 5.97 Å². The molecule has 0 aromatic rings. The predicted octanol–water partition coefficient (Wildman–Crippen LogP) is 4.48. The molecule has 0 aromatic heterocycles. The first kappa shape index (κ1) is 16.3. The van der Waals surface area contributed by atoms with Crippen LogP contribution in [0.5, 0.6) is 0 Å². The third kappa shape index (κ3) is 2.90. The van der Waals surface area contributed by atoms with Gasteiger partial charge >= 0.3 is 12.1 Å². The first-order chi connectivity index (χ1) is 8.59. The van der Waals surface area contributed by atoms with Gasteiger partial charge in [-0.05, 0) is 44.9 Å². The summed E-state index contributed by atoms with van der Waals surface area (Å²) in [7, 11) is 0. The van der Waals surface area contributed by atoms with E-state index in [0.29, 0.717) is 19.3 Å². The zero-order chi connectivity index (χ0) is 14.9. The zero-order valence-electron chi connectivity index (χ0n) is 12.1. The maximum Gasteiger partial charge on any atom is 0.404 e. The molecule has 0 spiro atoms. The molecule has 0 heterocycles. The first-order valence-electron chi connectivity index (χ1n) is 6.89. The Balaban J connectivity index is 2.96. The van der Waals surface area contributed by atoms with Crippen LogP contribution in [0.1, 0.15) is 59.8 Å². The van der Waals surface area contributed by atoms with Crippen molar-refractivity contribution < 1.29 is 22.7 Å². The highest BCUT2D eigenvalue weighted by molar-refractivity contribution is 5.78. The lowest BCUT2D eigenvalue weighted by molar-refractivity contribution is -0.248. The molecule has 1 aliphatic carbocycles. The number of carbonyl (C=O) groups is 1. The minimum atomic E-state index is -4.59. The van der Waals surface area contributed by atoms with E-state index in [2.05, 4.69) is 0 Å². The van der Waals surface area contributed by atoms with E-state index >= 15 is 0 Å². The quantitative estimate of drug-likeness (QED) is 0.710. The monoisotopic (exact) mass is 280 g/mol. The Morgan fingerprint density at radius 3 is 2.05 bits per heavy atom. The third-order valence-electron chi connectivity index (χ3n) is 4.64. The van der Waals surface area contributed by atoms with Crippen molar-refractivity contribution in [1.29, 1.82) is 0 Å². The fourth-order valence-corrected chi connectivity index (χ4v) is 2.53. The summed E-state index contributed by atoms with van der Waals surface area (Å²) >= 11 is 0. The molecule has 1 rings (SSSR count). The van der Waals surface area contributed by atoms with Gasteiger partial charge in [-0.25, -0.2) is 0 Å². The number of carbonyl (C=O) groups excluding carboxylic acids is 1. The van der Waals surface area contributed by atoms with E-state index in [9.17, 15) is 18.0 Å². The van der Waals surface area contributed by atoms with Crippen LogP contribution >= 0.6 is 0 Å². The van der Waals surface area contributed by atoms with Gasteiger partial charge in [0.15, 0.2) is 5.41 Å². The third-order valence-corrected chi connectivity index (χ3v) is 4.64. The average Bonchev–Trinajstić information content (AvgIpc) is 2.75. The predicted molar refractivity (Wildman–Crippen MR) is 66.6 cm³/mol. The molecule has 0 N–H and O–H groups in total. The lowest BCUT2D eigenvalue weighted by atomic mass is 9.78. The maximum absolute atomic E-state index is 13.2. The second kappa shape index (κ2) is 5.33. The molecule has 5 heteroatoms. The minimum Gasteiger partial charge on any atom is -0.458 e. The molecule has 1 fully saturated rings. The van der Waals surface area contributed by atoms with Crippen LogP contribution in [0, 0.1) is 11.3 Å². The molecule has 0 aliphatic heterocycles. The molecule has 19 heavy (non-hydrogen) atoms. The fraction of sp³-hybridized carbons (Fsp3) is 0.929. The summed E-state index contributed by atoms with van der Waals surface area (Å²) in [5.74, 6) is -1.98. The molecule has 0 radical (unpaired) electrons. The lowest BCUT2D eigenvalue weighted by Gasteiger charge is -2.37. The van der Waals surface area contributed by atoms with Gasteiger partial charge < -0.3 is 4.74 Å². The highest BCUT2D eigenvalue weighted by Gasteiger charge is 2.60. The Morgan fingerprint density at radius 1 is 1.26 bits per heavy atom. The van der Waals surface area contributed by atoms with Crippen LogP contribution in [0.25, 0.3) is 0 Å². The summed E-state index contributed by atoms with van der Waals surface area (Å²) in [4.78, 5) is 12.1. The summed E-state index contributed by atoms with van der Waals surface area (Å²) in [5.41, 5.74) is -3.11. The fourth-order valence-electron chi connectivity index (χ4n) is 2.53. The standard InChI is InChI=1S/C14H23F3O2/c1-5-13(8-6-7-9-13)19-11(18)12(4,10(2)3)14(15,16)17/h10H,5-9H2,1-4H3. The number of esters is 1. The van der Waals surface area contributed by atoms with Crippen LogP contribution < -0.4 is 0 Å². The number of rotatable bonds is 4. The molecule has 0 saturated heterocycles. The molecule has 1 saturated carbocycles. The van der Waals surface area contributed by atoms with Crippen LogP contribution in [-0.2, 0) is 9.53 Å². The Morgan fingerprint density at radius 2 is 1.74 bits per heavy atom. The van der Waals surface area contributed by atoms with Gasteiger partial charge in [0, 0.05) is 0 Å². The largest absolute Gasteiger partial charge is 0.458 e. The molecular weight excluding hydrogens is 257 g/mol. The van der Waals surface area contributed by atoms with E-state index in [1.807, 2.05) is 6.92 Å². The summed E-state index contributed by atoms with van der Waals surface area (Å²) in [6, 6.07) is 0. The molecule has 0 bridgehead atoms. The van der Waals surface area contributed by atoms with Crippen molar-refractivity contribution in [3.05, 3.63) is 0 Å². The van der Waals surface area contributed by atoms with Crippen molar-refractivity contribution in [2.75, 3.05) is 0 Å². The van der Waals surface area contributed by atoms with Crippen LogP contribution in [0.4, 0.5) is 13.2 Å². The average molecular weight is 280 g/mol. The first-order valence-corrected chi connectivity index (χ1v) is 6.89. The molecule has 0 amide bonds. The summed E-state index contributed by atoms with van der Waals surface area (Å²) in [5, 5.41) is 0. The van der Waals surface area contributed by atoms with E-state index in [4.69, 9.17) is 4.74 Å². The molecule has 2 nitrogen and oxygen atoms in total. The van der Waals surface area contributed by atoms with Crippen LogP contribution in [-0.4, -0.2) is 17.7 Å².